The zero-order valence-corrected chi connectivity index (χ0v) is 17.8. The monoisotopic (exact) mass is 451 g/mol. The maximum Gasteiger partial charge on any atom is 0.225 e. The van der Waals surface area contributed by atoms with Gasteiger partial charge in [0.2, 0.25) is 5.91 Å². The minimum absolute atomic E-state index is 0.118. The molecule has 0 radical (unpaired) electrons. The summed E-state index contributed by atoms with van der Waals surface area (Å²) in [7, 11) is 0. The van der Waals surface area contributed by atoms with E-state index in [-0.39, 0.29) is 5.91 Å². The third kappa shape index (κ3) is 3.85. The van der Waals surface area contributed by atoms with Gasteiger partial charge in [-0.15, -0.1) is 21.5 Å². The standard InChI is InChI=1S/C18H15Cl2N5OS2/c19-10-7-13(20)16-23-24-18(25(16)9-10)27-6-5-15(26)22-17-12(8-21)11-3-1-2-4-14(11)28-17/h7,9H,1-6H2,(H,22,26). The van der Waals surface area contributed by atoms with Crippen LogP contribution in [0.25, 0.3) is 5.65 Å². The van der Waals surface area contributed by atoms with Crippen molar-refractivity contribution >= 4 is 62.9 Å². The van der Waals surface area contributed by atoms with E-state index >= 15 is 0 Å². The molecule has 0 spiro atoms. The van der Waals surface area contributed by atoms with Crippen LogP contribution in [-0.2, 0) is 17.6 Å². The number of pyridine rings is 1. The minimum Gasteiger partial charge on any atom is -0.317 e. The van der Waals surface area contributed by atoms with Crippen LogP contribution in [0.2, 0.25) is 10.0 Å². The zero-order valence-electron chi connectivity index (χ0n) is 14.7. The topological polar surface area (TPSA) is 83.1 Å². The Morgan fingerprint density at radius 1 is 1.36 bits per heavy atom. The van der Waals surface area contributed by atoms with Crippen molar-refractivity contribution in [3.8, 4) is 6.07 Å². The van der Waals surface area contributed by atoms with Gasteiger partial charge in [0.15, 0.2) is 10.8 Å². The Hall–Kier alpha value is -1.79. The Morgan fingerprint density at radius 2 is 2.18 bits per heavy atom. The number of anilines is 1. The molecule has 0 unspecified atom stereocenters. The number of halogens is 2. The van der Waals surface area contributed by atoms with E-state index < -0.39 is 0 Å². The van der Waals surface area contributed by atoms with Crippen LogP contribution in [0.15, 0.2) is 17.4 Å². The second-order valence-electron chi connectivity index (χ2n) is 6.36. The predicted molar refractivity (Wildman–Crippen MR) is 113 cm³/mol. The Labute approximate surface area is 179 Å². The molecular weight excluding hydrogens is 437 g/mol. The molecule has 144 valence electrons. The first-order chi connectivity index (χ1) is 13.6. The molecule has 0 saturated carbocycles. The van der Waals surface area contributed by atoms with Crippen LogP contribution in [0.5, 0.6) is 0 Å². The largest absolute Gasteiger partial charge is 0.317 e. The smallest absolute Gasteiger partial charge is 0.225 e. The average Bonchev–Trinajstić information content (AvgIpc) is 3.22. The van der Waals surface area contributed by atoms with E-state index in [1.165, 1.54) is 28.0 Å². The number of thioether (sulfide) groups is 1. The van der Waals surface area contributed by atoms with Gasteiger partial charge in [-0.05, 0) is 37.3 Å². The van der Waals surface area contributed by atoms with Gasteiger partial charge in [0, 0.05) is 23.2 Å². The number of fused-ring (bicyclic) bond motifs is 2. The first-order valence-corrected chi connectivity index (χ1v) is 11.3. The maximum atomic E-state index is 12.4. The molecule has 1 aliphatic rings. The molecule has 0 atom stereocenters. The summed E-state index contributed by atoms with van der Waals surface area (Å²) in [4.78, 5) is 13.6. The number of nitriles is 1. The summed E-state index contributed by atoms with van der Waals surface area (Å²) in [6.45, 7) is 0. The number of amides is 1. The normalized spacial score (nSPS) is 13.3. The number of nitrogens with one attached hydrogen (secondary N) is 1. The molecule has 0 saturated heterocycles. The van der Waals surface area contributed by atoms with Crippen molar-refractivity contribution < 1.29 is 4.79 Å². The molecule has 3 aromatic heterocycles. The van der Waals surface area contributed by atoms with Crippen LogP contribution in [-0.4, -0.2) is 26.3 Å². The van der Waals surface area contributed by atoms with E-state index in [1.54, 1.807) is 16.7 Å². The molecule has 10 heteroatoms. The number of rotatable bonds is 5. The highest BCUT2D eigenvalue weighted by atomic mass is 35.5. The number of aromatic nitrogens is 3. The van der Waals surface area contributed by atoms with Crippen molar-refractivity contribution in [2.24, 2.45) is 0 Å². The number of aryl methyl sites for hydroxylation is 1. The summed E-state index contributed by atoms with van der Waals surface area (Å²) in [5.41, 5.74) is 2.28. The first kappa shape index (κ1) is 19.5. The van der Waals surface area contributed by atoms with Crippen LogP contribution >= 0.6 is 46.3 Å². The van der Waals surface area contributed by atoms with Crippen molar-refractivity contribution in [3.63, 3.8) is 0 Å². The molecule has 3 aromatic rings. The van der Waals surface area contributed by atoms with Crippen LogP contribution in [0, 0.1) is 11.3 Å². The minimum atomic E-state index is -0.118. The summed E-state index contributed by atoms with van der Waals surface area (Å²) in [5, 5.41) is 22.8. The van der Waals surface area contributed by atoms with Crippen LogP contribution in [0.3, 0.4) is 0 Å². The molecule has 0 aromatic carbocycles. The van der Waals surface area contributed by atoms with Gasteiger partial charge in [0.05, 0.1) is 15.6 Å². The number of thiophene rings is 1. The first-order valence-electron chi connectivity index (χ1n) is 8.74. The molecule has 1 amide bonds. The van der Waals surface area contributed by atoms with Crippen molar-refractivity contribution in [1.82, 2.24) is 14.6 Å². The summed E-state index contributed by atoms with van der Waals surface area (Å²) in [6, 6.07) is 3.88. The zero-order chi connectivity index (χ0) is 19.7. The van der Waals surface area contributed by atoms with Gasteiger partial charge in [-0.1, -0.05) is 35.0 Å². The van der Waals surface area contributed by atoms with Gasteiger partial charge in [-0.25, -0.2) is 0 Å². The molecule has 1 N–H and O–H groups in total. The summed E-state index contributed by atoms with van der Waals surface area (Å²) >= 11 is 15.1. The van der Waals surface area contributed by atoms with Crippen LogP contribution in [0.1, 0.15) is 35.3 Å². The lowest BCUT2D eigenvalue weighted by molar-refractivity contribution is -0.115. The van der Waals surface area contributed by atoms with Gasteiger partial charge in [-0.3, -0.25) is 9.20 Å². The van der Waals surface area contributed by atoms with Gasteiger partial charge in [-0.2, -0.15) is 5.26 Å². The molecule has 0 bridgehead atoms. The summed E-state index contributed by atoms with van der Waals surface area (Å²) in [5.74, 6) is 0.400. The Kier molecular flexibility index (Phi) is 5.78. The lowest BCUT2D eigenvalue weighted by Crippen LogP contribution is -2.12. The number of hydrogen-bond acceptors (Lipinski definition) is 6. The lowest BCUT2D eigenvalue weighted by Gasteiger charge is -2.09. The molecule has 6 nitrogen and oxygen atoms in total. The Bertz CT molecular complexity index is 1100. The molecule has 1 aliphatic carbocycles. The van der Waals surface area contributed by atoms with E-state index in [0.717, 1.165) is 31.2 Å². The van der Waals surface area contributed by atoms with Gasteiger partial charge >= 0.3 is 0 Å². The highest BCUT2D eigenvalue weighted by molar-refractivity contribution is 7.99. The van der Waals surface area contributed by atoms with Crippen molar-refractivity contribution in [2.45, 2.75) is 37.3 Å². The van der Waals surface area contributed by atoms with E-state index in [0.29, 0.717) is 43.6 Å². The Balaban J connectivity index is 1.40. The molecule has 0 fully saturated rings. The highest BCUT2D eigenvalue weighted by Gasteiger charge is 2.21. The van der Waals surface area contributed by atoms with Crippen molar-refractivity contribution in [1.29, 1.82) is 5.26 Å². The van der Waals surface area contributed by atoms with Gasteiger partial charge in [0.1, 0.15) is 11.1 Å². The number of nitrogens with zero attached hydrogens (tertiary/aromatic N) is 4. The molecule has 28 heavy (non-hydrogen) atoms. The van der Waals surface area contributed by atoms with E-state index in [4.69, 9.17) is 23.2 Å². The number of hydrogen-bond donors (Lipinski definition) is 1. The highest BCUT2D eigenvalue weighted by Crippen LogP contribution is 2.37. The van der Waals surface area contributed by atoms with Crippen LogP contribution < -0.4 is 5.32 Å². The molecule has 0 aliphatic heterocycles. The fourth-order valence-corrected chi connectivity index (χ4v) is 5.81. The van der Waals surface area contributed by atoms with Crippen molar-refractivity contribution in [2.75, 3.05) is 11.1 Å². The van der Waals surface area contributed by atoms with E-state index in [9.17, 15) is 10.1 Å². The second kappa shape index (κ2) is 8.29. The fraction of sp³-hybridized carbons (Fsp3) is 0.333. The molecular formula is C18H15Cl2N5OS2. The summed E-state index contributed by atoms with van der Waals surface area (Å²) in [6.07, 6.45) is 6.14. The van der Waals surface area contributed by atoms with Gasteiger partial charge in [0.25, 0.3) is 0 Å². The molecule has 3 heterocycles. The third-order valence-electron chi connectivity index (χ3n) is 4.49. The fourth-order valence-electron chi connectivity index (χ4n) is 3.20. The third-order valence-corrected chi connectivity index (χ3v) is 7.13. The summed E-state index contributed by atoms with van der Waals surface area (Å²) < 4.78 is 1.72. The SMILES string of the molecule is N#Cc1c(NC(=O)CCSc2nnc3c(Cl)cc(Cl)cn23)sc2c1CCCC2. The average molecular weight is 452 g/mol. The number of carbonyl (C=O) groups excluding carboxylic acids is 1. The van der Waals surface area contributed by atoms with Crippen LogP contribution in [0.4, 0.5) is 5.00 Å². The lowest BCUT2D eigenvalue weighted by atomic mass is 9.96. The quantitative estimate of drug-likeness (QED) is 0.553. The molecule has 4 rings (SSSR count). The van der Waals surface area contributed by atoms with E-state index in [1.807, 2.05) is 0 Å². The predicted octanol–water partition coefficient (Wildman–Crippen LogP) is 4.97. The second-order valence-corrected chi connectivity index (χ2v) is 9.37. The van der Waals surface area contributed by atoms with Gasteiger partial charge < -0.3 is 5.32 Å². The van der Waals surface area contributed by atoms with Crippen molar-refractivity contribution in [3.05, 3.63) is 38.3 Å². The maximum absolute atomic E-state index is 12.4. The Morgan fingerprint density at radius 3 is 3.00 bits per heavy atom. The van der Waals surface area contributed by atoms with E-state index in [2.05, 4.69) is 21.6 Å². The number of carbonyl (C=O) groups is 1.